The monoisotopic (exact) mass is 57.0 g/mol. The first-order valence-corrected chi connectivity index (χ1v) is 1.36. The average Bonchev–Trinajstić information content (AvgIpc) is 1.75. The van der Waals surface area contributed by atoms with Crippen LogP contribution in [-0.2, 0) is 0 Å². The van der Waals surface area contributed by atoms with Crippen molar-refractivity contribution in [3.63, 3.8) is 0 Å². The molecule has 0 aromatic heterocycles. The van der Waals surface area contributed by atoms with Crippen molar-refractivity contribution in [1.82, 2.24) is 0 Å². The molecule has 0 radical (unpaired) electrons. The molecule has 1 heterocycles. The van der Waals surface area contributed by atoms with Crippen LogP contribution in [0.15, 0.2) is 0 Å². The summed E-state index contributed by atoms with van der Waals surface area (Å²) in [6.07, 6.45) is 0. The van der Waals surface area contributed by atoms with E-state index in [-0.39, 0.29) is 0 Å². The predicted molar refractivity (Wildman–Crippen MR) is 12.7 cm³/mol. The van der Waals surface area contributed by atoms with Crippen LogP contribution in [0.1, 0.15) is 0 Å². The first kappa shape index (κ1) is 1.88. The highest BCUT2D eigenvalue weighted by Gasteiger charge is 2.19. The maximum absolute atomic E-state index is 6.53. The third-order valence-electron chi connectivity index (χ3n) is 0.447. The molecular formula is C2H5N2+. The molecule has 0 aromatic carbocycles. The Balaban J connectivity index is 2.60. The molecule has 0 atom stereocenters. The minimum Gasteiger partial charge on any atom is -0.117 e. The summed E-state index contributed by atoms with van der Waals surface area (Å²) < 4.78 is 1.50. The van der Waals surface area contributed by atoms with E-state index in [4.69, 9.17) is 5.53 Å². The van der Waals surface area contributed by atoms with Crippen molar-refractivity contribution < 1.29 is 4.70 Å². The van der Waals surface area contributed by atoms with Crippen LogP contribution in [0, 0.1) is 5.53 Å². The van der Waals surface area contributed by atoms with E-state index in [9.17, 15) is 0 Å². The summed E-state index contributed by atoms with van der Waals surface area (Å²) in [6.45, 7) is 1.97. The minimum atomic E-state index is 0.986. The molecule has 1 saturated heterocycles. The Hall–Kier alpha value is -0.400. The fourth-order valence-corrected chi connectivity index (χ4v) is 0.0500. The van der Waals surface area contributed by atoms with Gasteiger partial charge in [0.1, 0.15) is 0 Å². The molecule has 2 nitrogen and oxygen atoms in total. The van der Waals surface area contributed by atoms with Crippen LogP contribution in [-0.4, -0.2) is 17.8 Å². The molecule has 2 heteroatoms. The topological polar surface area (TPSA) is 26.9 Å². The van der Waals surface area contributed by atoms with Crippen molar-refractivity contribution in [1.29, 1.82) is 5.53 Å². The van der Waals surface area contributed by atoms with Gasteiger partial charge in [0.25, 0.3) is 0 Å². The molecule has 0 saturated carbocycles. The standard InChI is InChI=1S/C2H5N2/c3-4-1-2-4/h3H,1-2H2/q+1. The van der Waals surface area contributed by atoms with Crippen LogP contribution in [0.3, 0.4) is 0 Å². The number of nitrogens with zero attached hydrogens (tertiary/aromatic N) is 1. The van der Waals surface area contributed by atoms with E-state index in [0.29, 0.717) is 0 Å². The van der Waals surface area contributed by atoms with E-state index in [1.165, 1.54) is 4.70 Å². The van der Waals surface area contributed by atoms with Gasteiger partial charge in [0.15, 0.2) is 0 Å². The van der Waals surface area contributed by atoms with Gasteiger partial charge < -0.3 is 0 Å². The zero-order valence-corrected chi connectivity index (χ0v) is 2.36. The highest BCUT2D eigenvalue weighted by Crippen LogP contribution is 1.85. The first-order chi connectivity index (χ1) is 1.89. The van der Waals surface area contributed by atoms with Gasteiger partial charge in [0, 0.05) is 0 Å². The average molecular weight is 57.1 g/mol. The van der Waals surface area contributed by atoms with E-state index in [2.05, 4.69) is 0 Å². The van der Waals surface area contributed by atoms with Gasteiger partial charge in [-0.15, -0.1) is 4.70 Å². The lowest BCUT2D eigenvalue weighted by atomic mass is 11.0. The van der Waals surface area contributed by atoms with Crippen molar-refractivity contribution in [3.05, 3.63) is 0 Å². The van der Waals surface area contributed by atoms with Crippen LogP contribution < -0.4 is 0 Å². The maximum Gasteiger partial charge on any atom is 0.228 e. The van der Waals surface area contributed by atoms with Gasteiger partial charge in [-0.3, -0.25) is 0 Å². The highest BCUT2D eigenvalue weighted by atomic mass is 15.3. The van der Waals surface area contributed by atoms with E-state index < -0.39 is 0 Å². The lowest BCUT2D eigenvalue weighted by Crippen LogP contribution is -1.52. The summed E-state index contributed by atoms with van der Waals surface area (Å²) >= 11 is 0. The Labute approximate surface area is 24.5 Å². The molecule has 0 aromatic rings. The normalized spacial score (nSPS) is 21.5. The summed E-state index contributed by atoms with van der Waals surface area (Å²) in [7, 11) is 0. The third kappa shape index (κ3) is 0.0852. The van der Waals surface area contributed by atoms with Crippen molar-refractivity contribution in [2.24, 2.45) is 0 Å². The van der Waals surface area contributed by atoms with Gasteiger partial charge >= 0.3 is 0 Å². The highest BCUT2D eigenvalue weighted by molar-refractivity contribution is 4.28. The molecule has 1 fully saturated rings. The second-order valence-electron chi connectivity index (χ2n) is 0.987. The van der Waals surface area contributed by atoms with Gasteiger partial charge in [-0.2, -0.15) is 0 Å². The van der Waals surface area contributed by atoms with E-state index in [0.717, 1.165) is 13.1 Å². The second kappa shape index (κ2) is 0.315. The Kier molecular flexibility index (Phi) is 0.148. The van der Waals surface area contributed by atoms with Crippen LogP contribution in [0.25, 0.3) is 0 Å². The zero-order valence-electron chi connectivity index (χ0n) is 2.36. The van der Waals surface area contributed by atoms with Crippen LogP contribution in [0.4, 0.5) is 0 Å². The molecule has 1 N–H and O–H groups in total. The number of hydrogen-bond acceptors (Lipinski definition) is 1. The third-order valence-corrected chi connectivity index (χ3v) is 0.447. The Morgan fingerprint density at radius 3 is 1.75 bits per heavy atom. The molecule has 1 rings (SSSR count). The smallest absolute Gasteiger partial charge is 0.117 e. The summed E-state index contributed by atoms with van der Waals surface area (Å²) in [5, 5.41) is 0. The van der Waals surface area contributed by atoms with Crippen LogP contribution in [0.5, 0.6) is 0 Å². The van der Waals surface area contributed by atoms with Gasteiger partial charge in [-0.1, -0.05) is 5.53 Å². The van der Waals surface area contributed by atoms with Crippen LogP contribution >= 0.6 is 0 Å². The van der Waals surface area contributed by atoms with E-state index in [1.54, 1.807) is 0 Å². The fourth-order valence-electron chi connectivity index (χ4n) is 0.0500. The van der Waals surface area contributed by atoms with Gasteiger partial charge in [0.05, 0.1) is 0 Å². The summed E-state index contributed by atoms with van der Waals surface area (Å²) in [5.41, 5.74) is 6.53. The van der Waals surface area contributed by atoms with E-state index in [1.807, 2.05) is 0 Å². The molecular weight excluding hydrogens is 52.0 g/mol. The minimum absolute atomic E-state index is 0.986. The molecule has 1 aliphatic heterocycles. The zero-order chi connectivity index (χ0) is 2.99. The first-order valence-electron chi connectivity index (χ1n) is 1.36. The van der Waals surface area contributed by atoms with Crippen LogP contribution in [0.2, 0.25) is 0 Å². The SMILES string of the molecule is N=[N+]1CC1. The molecule has 1 aliphatic rings. The summed E-state index contributed by atoms with van der Waals surface area (Å²) in [5.74, 6) is 0. The Morgan fingerprint density at radius 2 is 1.75 bits per heavy atom. The quantitative estimate of drug-likeness (QED) is 0.300. The van der Waals surface area contributed by atoms with Crippen molar-refractivity contribution in [3.8, 4) is 0 Å². The largest absolute Gasteiger partial charge is 0.228 e. The fraction of sp³-hybridized carbons (Fsp3) is 1.00. The number of nitrogens with one attached hydrogen (secondary N) is 1. The van der Waals surface area contributed by atoms with Crippen molar-refractivity contribution >= 4 is 0 Å². The molecule has 0 aliphatic carbocycles. The summed E-state index contributed by atoms with van der Waals surface area (Å²) in [6, 6.07) is 0. The van der Waals surface area contributed by atoms with Crippen molar-refractivity contribution in [2.45, 2.75) is 0 Å². The van der Waals surface area contributed by atoms with Crippen molar-refractivity contribution in [2.75, 3.05) is 13.1 Å². The molecule has 0 bridgehead atoms. The molecule has 0 unspecified atom stereocenters. The Bertz CT molecular complexity index is 42.0. The van der Waals surface area contributed by atoms with Gasteiger partial charge in [-0.25, -0.2) is 0 Å². The number of rotatable bonds is 0. The van der Waals surface area contributed by atoms with Gasteiger partial charge in [0.2, 0.25) is 13.1 Å². The molecule has 0 spiro atoms. The second-order valence-corrected chi connectivity index (χ2v) is 0.987. The van der Waals surface area contributed by atoms with E-state index >= 15 is 0 Å². The molecule has 22 valence electrons. The molecule has 0 amide bonds. The Morgan fingerprint density at radius 1 is 1.50 bits per heavy atom. The molecule has 4 heavy (non-hydrogen) atoms. The summed E-state index contributed by atoms with van der Waals surface area (Å²) in [4.78, 5) is 0. The lowest BCUT2D eigenvalue weighted by molar-refractivity contribution is -0.443. The predicted octanol–water partition coefficient (Wildman–Crippen LogP) is 0.0435. The lowest BCUT2D eigenvalue weighted by Gasteiger charge is -1.31. The number of hydrogen-bond donors (Lipinski definition) is 1. The van der Waals surface area contributed by atoms with Gasteiger partial charge in [-0.05, 0) is 0 Å². The maximum atomic E-state index is 6.53.